The van der Waals surface area contributed by atoms with E-state index in [1.54, 1.807) is 36.8 Å². The van der Waals surface area contributed by atoms with Gasteiger partial charge in [0.15, 0.2) is 0 Å². The molecule has 0 bridgehead atoms. The fraction of sp³-hybridized carbons (Fsp3) is 0.211. The second-order valence-corrected chi connectivity index (χ2v) is 6.00. The molecule has 1 N–H and O–H groups in total. The summed E-state index contributed by atoms with van der Waals surface area (Å²) in [5.41, 5.74) is 3.57. The van der Waals surface area contributed by atoms with Crippen molar-refractivity contribution < 1.29 is 4.92 Å². The van der Waals surface area contributed by atoms with Crippen molar-refractivity contribution in [2.45, 2.75) is 26.1 Å². The summed E-state index contributed by atoms with van der Waals surface area (Å²) in [5, 5.41) is 14.1. The van der Waals surface area contributed by atoms with Gasteiger partial charge in [0.1, 0.15) is 0 Å². The maximum absolute atomic E-state index is 10.7. The van der Waals surface area contributed by atoms with E-state index >= 15 is 0 Å². The predicted molar refractivity (Wildman–Crippen MR) is 96.1 cm³/mol. The van der Waals surface area contributed by atoms with Crippen LogP contribution in [0.15, 0.2) is 67.3 Å². The molecule has 0 radical (unpaired) electrons. The summed E-state index contributed by atoms with van der Waals surface area (Å²) in [4.78, 5) is 14.4. The van der Waals surface area contributed by atoms with Crippen molar-refractivity contribution in [3.8, 4) is 0 Å². The van der Waals surface area contributed by atoms with Gasteiger partial charge < -0.3 is 9.88 Å². The molecule has 0 aliphatic rings. The Kier molecular flexibility index (Phi) is 5.20. The SMILES string of the molecule is CC(NCc1ccc(Cn2ccnc2)cc1)c1ccc([N+](=O)[O-])cc1. The summed E-state index contributed by atoms with van der Waals surface area (Å²) >= 11 is 0. The number of aromatic nitrogens is 2. The molecule has 128 valence electrons. The van der Waals surface area contributed by atoms with Gasteiger partial charge in [-0.1, -0.05) is 36.4 Å². The first-order valence-corrected chi connectivity index (χ1v) is 8.13. The Morgan fingerprint density at radius 1 is 1.12 bits per heavy atom. The van der Waals surface area contributed by atoms with Crippen LogP contribution in [-0.2, 0) is 13.1 Å². The molecule has 1 unspecified atom stereocenters. The first-order valence-electron chi connectivity index (χ1n) is 8.13. The average molecular weight is 336 g/mol. The van der Waals surface area contributed by atoms with Crippen LogP contribution in [0.4, 0.5) is 5.69 Å². The fourth-order valence-electron chi connectivity index (χ4n) is 2.63. The van der Waals surface area contributed by atoms with Crippen LogP contribution in [0.25, 0.3) is 0 Å². The van der Waals surface area contributed by atoms with Crippen LogP contribution in [0.2, 0.25) is 0 Å². The molecule has 25 heavy (non-hydrogen) atoms. The van der Waals surface area contributed by atoms with Crippen molar-refractivity contribution in [2.24, 2.45) is 0 Å². The van der Waals surface area contributed by atoms with Crippen molar-refractivity contribution in [3.05, 3.63) is 94.1 Å². The van der Waals surface area contributed by atoms with E-state index in [9.17, 15) is 10.1 Å². The van der Waals surface area contributed by atoms with E-state index in [0.717, 1.165) is 18.7 Å². The zero-order valence-electron chi connectivity index (χ0n) is 14.0. The lowest BCUT2D eigenvalue weighted by Crippen LogP contribution is -2.18. The standard InChI is InChI=1S/C19H20N4O2/c1-15(18-6-8-19(9-7-18)23(24)25)21-12-16-2-4-17(5-3-16)13-22-11-10-20-14-22/h2-11,14-15,21H,12-13H2,1H3. The minimum atomic E-state index is -0.382. The largest absolute Gasteiger partial charge is 0.333 e. The number of hydrogen-bond donors (Lipinski definition) is 1. The lowest BCUT2D eigenvalue weighted by Gasteiger charge is -2.14. The first kappa shape index (κ1) is 16.9. The molecule has 0 aliphatic carbocycles. The first-order chi connectivity index (χ1) is 12.1. The van der Waals surface area contributed by atoms with E-state index in [1.165, 1.54) is 11.1 Å². The van der Waals surface area contributed by atoms with E-state index in [-0.39, 0.29) is 16.7 Å². The summed E-state index contributed by atoms with van der Waals surface area (Å²) in [7, 11) is 0. The minimum absolute atomic E-state index is 0.115. The molecular formula is C19H20N4O2. The molecule has 6 heteroatoms. The topological polar surface area (TPSA) is 73.0 Å². The number of imidazole rings is 1. The number of hydrogen-bond acceptors (Lipinski definition) is 4. The normalized spacial score (nSPS) is 12.0. The molecule has 3 aromatic rings. The number of non-ortho nitro benzene ring substituents is 1. The van der Waals surface area contributed by atoms with Crippen LogP contribution < -0.4 is 5.32 Å². The quantitative estimate of drug-likeness (QED) is 0.527. The van der Waals surface area contributed by atoms with Crippen molar-refractivity contribution in [1.82, 2.24) is 14.9 Å². The average Bonchev–Trinajstić information content (AvgIpc) is 3.14. The highest BCUT2D eigenvalue weighted by atomic mass is 16.6. The summed E-state index contributed by atoms with van der Waals surface area (Å²) in [6, 6.07) is 15.3. The van der Waals surface area contributed by atoms with Crippen molar-refractivity contribution >= 4 is 5.69 Å². The van der Waals surface area contributed by atoms with Crippen LogP contribution in [0, 0.1) is 10.1 Å². The summed E-state index contributed by atoms with van der Waals surface area (Å²) in [6.45, 7) is 3.60. The van der Waals surface area contributed by atoms with E-state index in [4.69, 9.17) is 0 Å². The highest BCUT2D eigenvalue weighted by Crippen LogP contribution is 2.18. The zero-order valence-corrected chi connectivity index (χ0v) is 14.0. The van der Waals surface area contributed by atoms with Crippen LogP contribution in [0.5, 0.6) is 0 Å². The van der Waals surface area contributed by atoms with Gasteiger partial charge in [0.05, 0.1) is 11.3 Å². The number of nitro benzene ring substituents is 1. The van der Waals surface area contributed by atoms with Gasteiger partial charge in [-0.05, 0) is 23.6 Å². The number of benzene rings is 2. The number of nitrogens with one attached hydrogen (secondary N) is 1. The monoisotopic (exact) mass is 336 g/mol. The third-order valence-electron chi connectivity index (χ3n) is 4.16. The van der Waals surface area contributed by atoms with Gasteiger partial charge in [0.25, 0.3) is 5.69 Å². The van der Waals surface area contributed by atoms with E-state index in [0.29, 0.717) is 0 Å². The molecule has 1 heterocycles. The van der Waals surface area contributed by atoms with Crippen molar-refractivity contribution in [1.29, 1.82) is 0 Å². The second-order valence-electron chi connectivity index (χ2n) is 6.00. The molecule has 3 rings (SSSR count). The van der Waals surface area contributed by atoms with Gasteiger partial charge >= 0.3 is 0 Å². The smallest absolute Gasteiger partial charge is 0.269 e. The lowest BCUT2D eigenvalue weighted by molar-refractivity contribution is -0.384. The van der Waals surface area contributed by atoms with Gasteiger partial charge in [-0.3, -0.25) is 10.1 Å². The van der Waals surface area contributed by atoms with Gasteiger partial charge in [-0.25, -0.2) is 4.98 Å². The Bertz CT molecular complexity index is 812. The Labute approximate surface area is 146 Å². The van der Waals surface area contributed by atoms with Crippen LogP contribution in [0.3, 0.4) is 0 Å². The Hall–Kier alpha value is -2.99. The summed E-state index contributed by atoms with van der Waals surface area (Å²) in [6.07, 6.45) is 5.53. The van der Waals surface area contributed by atoms with Gasteiger partial charge in [0.2, 0.25) is 0 Å². The lowest BCUT2D eigenvalue weighted by atomic mass is 10.1. The molecule has 0 amide bonds. The highest BCUT2D eigenvalue weighted by molar-refractivity contribution is 5.34. The Morgan fingerprint density at radius 3 is 2.40 bits per heavy atom. The molecular weight excluding hydrogens is 316 g/mol. The zero-order chi connectivity index (χ0) is 17.6. The maximum Gasteiger partial charge on any atom is 0.269 e. The van der Waals surface area contributed by atoms with E-state index in [2.05, 4.69) is 41.5 Å². The predicted octanol–water partition coefficient (Wildman–Crippen LogP) is 3.69. The van der Waals surface area contributed by atoms with Gasteiger partial charge in [-0.15, -0.1) is 0 Å². The van der Waals surface area contributed by atoms with Crippen molar-refractivity contribution in [2.75, 3.05) is 0 Å². The number of nitro groups is 1. The second kappa shape index (κ2) is 7.72. The Balaban J connectivity index is 1.54. The molecule has 0 saturated heterocycles. The molecule has 0 saturated carbocycles. The van der Waals surface area contributed by atoms with E-state index in [1.807, 2.05) is 10.8 Å². The number of nitrogens with zero attached hydrogens (tertiary/aromatic N) is 3. The number of rotatable bonds is 7. The van der Waals surface area contributed by atoms with Crippen LogP contribution in [-0.4, -0.2) is 14.5 Å². The van der Waals surface area contributed by atoms with E-state index < -0.39 is 0 Å². The third kappa shape index (κ3) is 4.51. The van der Waals surface area contributed by atoms with Crippen molar-refractivity contribution in [3.63, 3.8) is 0 Å². The molecule has 0 aliphatic heterocycles. The van der Waals surface area contributed by atoms with Gasteiger partial charge in [-0.2, -0.15) is 0 Å². The minimum Gasteiger partial charge on any atom is -0.333 e. The molecule has 1 aromatic heterocycles. The van der Waals surface area contributed by atoms with Gasteiger partial charge in [0, 0.05) is 43.7 Å². The van der Waals surface area contributed by atoms with Crippen LogP contribution >= 0.6 is 0 Å². The molecule has 1 atom stereocenters. The molecule has 0 spiro atoms. The van der Waals surface area contributed by atoms with Crippen LogP contribution in [0.1, 0.15) is 29.7 Å². The Morgan fingerprint density at radius 2 is 1.80 bits per heavy atom. The molecule has 0 fully saturated rings. The third-order valence-corrected chi connectivity index (χ3v) is 4.16. The summed E-state index contributed by atoms with van der Waals surface area (Å²) < 4.78 is 2.03. The summed E-state index contributed by atoms with van der Waals surface area (Å²) in [5.74, 6) is 0. The highest BCUT2D eigenvalue weighted by Gasteiger charge is 2.08. The molecule has 6 nitrogen and oxygen atoms in total. The maximum atomic E-state index is 10.7. The fourth-order valence-corrected chi connectivity index (χ4v) is 2.63. The molecule has 2 aromatic carbocycles.